The monoisotopic (exact) mass is 269 g/mol. The molecule has 0 spiro atoms. The van der Waals surface area contributed by atoms with Crippen LogP contribution < -0.4 is 10.1 Å². The van der Waals surface area contributed by atoms with E-state index in [0.29, 0.717) is 0 Å². The molecule has 2 atom stereocenters. The topological polar surface area (TPSA) is 21.3 Å². The molecule has 0 aliphatic rings. The largest absolute Gasteiger partial charge is 0.488 e. The Bertz CT molecular complexity index is 524. The van der Waals surface area contributed by atoms with Crippen molar-refractivity contribution in [2.24, 2.45) is 0 Å². The highest BCUT2D eigenvalue weighted by molar-refractivity contribution is 5.28. The summed E-state index contributed by atoms with van der Waals surface area (Å²) < 4.78 is 6.19. The zero-order valence-electron chi connectivity index (χ0n) is 12.5. The van der Waals surface area contributed by atoms with Crippen LogP contribution in [0.25, 0.3) is 0 Å². The highest BCUT2D eigenvalue weighted by Gasteiger charge is 2.21. The van der Waals surface area contributed by atoms with E-state index in [2.05, 4.69) is 55.6 Å². The van der Waals surface area contributed by atoms with Gasteiger partial charge in [-0.25, -0.2) is 0 Å². The lowest BCUT2D eigenvalue weighted by molar-refractivity contribution is 0.152. The van der Waals surface area contributed by atoms with Crippen LogP contribution in [0.5, 0.6) is 5.75 Å². The third kappa shape index (κ3) is 3.61. The maximum absolute atomic E-state index is 6.19. The molecule has 0 amide bonds. The number of hydrogen-bond donors (Lipinski definition) is 1. The van der Waals surface area contributed by atoms with Crippen LogP contribution in [0.1, 0.15) is 30.5 Å². The fourth-order valence-electron chi connectivity index (χ4n) is 2.48. The summed E-state index contributed by atoms with van der Waals surface area (Å²) >= 11 is 0. The molecule has 2 heteroatoms. The second-order valence-corrected chi connectivity index (χ2v) is 5.06. The molecule has 1 N–H and O–H groups in total. The van der Waals surface area contributed by atoms with Gasteiger partial charge in [-0.3, -0.25) is 0 Å². The fourth-order valence-corrected chi connectivity index (χ4v) is 2.48. The molecule has 2 nitrogen and oxygen atoms in total. The smallest absolute Gasteiger partial charge is 0.120 e. The van der Waals surface area contributed by atoms with Crippen LogP contribution in [0.4, 0.5) is 0 Å². The number of ether oxygens (including phenoxy) is 1. The average molecular weight is 269 g/mol. The third-order valence-electron chi connectivity index (χ3n) is 3.52. The normalized spacial score (nSPS) is 13.8. The molecule has 106 valence electrons. The van der Waals surface area contributed by atoms with Gasteiger partial charge in [-0.05, 0) is 43.7 Å². The minimum atomic E-state index is 0.115. The Morgan fingerprint density at radius 1 is 1.05 bits per heavy atom. The highest BCUT2D eigenvalue weighted by atomic mass is 16.5. The van der Waals surface area contributed by atoms with E-state index in [1.165, 1.54) is 11.1 Å². The van der Waals surface area contributed by atoms with Crippen molar-refractivity contribution in [1.82, 2.24) is 5.32 Å². The summed E-state index contributed by atoms with van der Waals surface area (Å²) in [5, 5.41) is 3.38. The molecule has 0 fully saturated rings. The summed E-state index contributed by atoms with van der Waals surface area (Å²) in [6.07, 6.45) is 1.07. The fraction of sp³-hybridized carbons (Fsp3) is 0.333. The molecule has 0 aliphatic carbocycles. The van der Waals surface area contributed by atoms with Gasteiger partial charge in [0.05, 0.1) is 6.04 Å². The molecule has 0 radical (unpaired) electrons. The van der Waals surface area contributed by atoms with Crippen molar-refractivity contribution in [3.63, 3.8) is 0 Å². The second-order valence-electron chi connectivity index (χ2n) is 5.06. The lowest BCUT2D eigenvalue weighted by atomic mass is 9.99. The lowest BCUT2D eigenvalue weighted by Gasteiger charge is -2.27. The van der Waals surface area contributed by atoms with Crippen molar-refractivity contribution < 1.29 is 4.74 Å². The van der Waals surface area contributed by atoms with Crippen molar-refractivity contribution in [3.8, 4) is 5.75 Å². The van der Waals surface area contributed by atoms with Gasteiger partial charge >= 0.3 is 0 Å². The van der Waals surface area contributed by atoms with Gasteiger partial charge in [-0.15, -0.1) is 0 Å². The van der Waals surface area contributed by atoms with E-state index in [1.54, 1.807) is 0 Å². The van der Waals surface area contributed by atoms with Gasteiger partial charge in [0.2, 0.25) is 0 Å². The highest BCUT2D eigenvalue weighted by Crippen LogP contribution is 2.24. The van der Waals surface area contributed by atoms with E-state index in [0.717, 1.165) is 12.2 Å². The van der Waals surface area contributed by atoms with Crippen LogP contribution in [0.3, 0.4) is 0 Å². The number of rotatable bonds is 6. The molecule has 20 heavy (non-hydrogen) atoms. The van der Waals surface area contributed by atoms with Crippen LogP contribution in [0.15, 0.2) is 54.6 Å². The summed E-state index contributed by atoms with van der Waals surface area (Å²) in [7, 11) is 1.99. The predicted molar refractivity (Wildman–Crippen MR) is 84.1 cm³/mol. The van der Waals surface area contributed by atoms with E-state index in [1.807, 2.05) is 25.2 Å². The first-order valence-electron chi connectivity index (χ1n) is 7.20. The molecule has 2 rings (SSSR count). The molecule has 2 aromatic carbocycles. The van der Waals surface area contributed by atoms with Crippen molar-refractivity contribution in [2.75, 3.05) is 7.05 Å². The van der Waals surface area contributed by atoms with Crippen molar-refractivity contribution in [3.05, 3.63) is 65.7 Å². The molecule has 2 aromatic rings. The first kappa shape index (κ1) is 14.6. The Morgan fingerprint density at radius 3 is 2.40 bits per heavy atom. The van der Waals surface area contributed by atoms with Gasteiger partial charge < -0.3 is 10.1 Å². The molecular weight excluding hydrogens is 246 g/mol. The molecule has 0 heterocycles. The number of likely N-dealkylation sites (N-methyl/N-ethyl adjacent to an activating group) is 1. The van der Waals surface area contributed by atoms with E-state index in [-0.39, 0.29) is 12.1 Å². The van der Waals surface area contributed by atoms with Gasteiger partial charge in [0, 0.05) is 0 Å². The summed E-state index contributed by atoms with van der Waals surface area (Å²) in [5.41, 5.74) is 2.48. The van der Waals surface area contributed by atoms with Crippen molar-refractivity contribution >= 4 is 0 Å². The van der Waals surface area contributed by atoms with Gasteiger partial charge in [0.15, 0.2) is 0 Å². The number of hydrogen-bond acceptors (Lipinski definition) is 2. The Labute approximate surface area is 121 Å². The Morgan fingerprint density at radius 2 is 1.80 bits per heavy atom. The maximum Gasteiger partial charge on any atom is 0.120 e. The van der Waals surface area contributed by atoms with E-state index in [9.17, 15) is 0 Å². The van der Waals surface area contributed by atoms with Crippen LogP contribution >= 0.6 is 0 Å². The molecular formula is C18H23NO. The second kappa shape index (κ2) is 7.11. The molecule has 0 bridgehead atoms. The predicted octanol–water partition coefficient (Wildman–Crippen LogP) is 4.11. The number of nitrogens with one attached hydrogen (secondary N) is 1. The maximum atomic E-state index is 6.19. The summed E-state index contributed by atoms with van der Waals surface area (Å²) in [6, 6.07) is 18.9. The summed E-state index contributed by atoms with van der Waals surface area (Å²) in [5.74, 6) is 0.938. The number of benzene rings is 2. The van der Waals surface area contributed by atoms with E-state index < -0.39 is 0 Å². The zero-order valence-corrected chi connectivity index (χ0v) is 12.5. The number of aryl methyl sites for hydroxylation is 1. The molecule has 0 saturated heterocycles. The zero-order chi connectivity index (χ0) is 14.4. The Kier molecular flexibility index (Phi) is 5.19. The Hall–Kier alpha value is -1.80. The van der Waals surface area contributed by atoms with Crippen LogP contribution in [-0.2, 0) is 0 Å². The van der Waals surface area contributed by atoms with Gasteiger partial charge in [-0.2, -0.15) is 0 Å². The summed E-state index contributed by atoms with van der Waals surface area (Å²) in [4.78, 5) is 0. The minimum absolute atomic E-state index is 0.115. The van der Waals surface area contributed by atoms with Gasteiger partial charge in [0.1, 0.15) is 11.9 Å². The average Bonchev–Trinajstić information content (AvgIpc) is 2.48. The van der Waals surface area contributed by atoms with Crippen LogP contribution in [-0.4, -0.2) is 13.2 Å². The van der Waals surface area contributed by atoms with E-state index in [4.69, 9.17) is 4.74 Å². The van der Waals surface area contributed by atoms with Gasteiger partial charge in [0.25, 0.3) is 0 Å². The first-order chi connectivity index (χ1) is 9.74. The Balaban J connectivity index is 2.18. The standard InChI is InChI=1S/C18H23NO/c1-4-17(20-16-12-8-9-14(2)13-16)18(19-3)15-10-6-5-7-11-15/h5-13,17-19H,4H2,1-3H3. The molecule has 2 unspecified atom stereocenters. The summed E-state index contributed by atoms with van der Waals surface area (Å²) in [6.45, 7) is 4.24. The quantitative estimate of drug-likeness (QED) is 0.852. The minimum Gasteiger partial charge on any atom is -0.488 e. The van der Waals surface area contributed by atoms with Crippen molar-refractivity contribution in [2.45, 2.75) is 32.4 Å². The van der Waals surface area contributed by atoms with E-state index >= 15 is 0 Å². The molecule has 0 aliphatic heterocycles. The first-order valence-corrected chi connectivity index (χ1v) is 7.20. The third-order valence-corrected chi connectivity index (χ3v) is 3.52. The van der Waals surface area contributed by atoms with Gasteiger partial charge in [-0.1, -0.05) is 49.4 Å². The van der Waals surface area contributed by atoms with Crippen LogP contribution in [0.2, 0.25) is 0 Å². The van der Waals surface area contributed by atoms with Crippen molar-refractivity contribution in [1.29, 1.82) is 0 Å². The molecule has 0 saturated carbocycles. The lowest BCUT2D eigenvalue weighted by Crippen LogP contribution is -2.33. The van der Waals surface area contributed by atoms with Crippen LogP contribution in [0, 0.1) is 6.92 Å². The SMILES string of the molecule is CCC(Oc1cccc(C)c1)C(NC)c1ccccc1. The molecule has 0 aromatic heterocycles.